The predicted molar refractivity (Wildman–Crippen MR) is 128 cm³/mol. The van der Waals surface area contributed by atoms with Crippen LogP contribution < -0.4 is 11.4 Å². The van der Waals surface area contributed by atoms with Gasteiger partial charge in [0.15, 0.2) is 5.39 Å². The zero-order valence-corrected chi connectivity index (χ0v) is 19.2. The molecule has 168 valence electrons. The van der Waals surface area contributed by atoms with Crippen molar-refractivity contribution in [2.24, 2.45) is 0 Å². The standard InChI is InChI=1S/C23H23N3O5.BrH/c27-22-21-19(9-6-10-20(21)26(29)30)25(23(28)31-22)14-5-4-13-24-15-11-18(12-16-24)17-7-2-1-3-8-17;/h1-3,6-11H,4-5,12-16H2;1H. The molecule has 2 heterocycles. The van der Waals surface area contributed by atoms with Gasteiger partial charge in [0.05, 0.1) is 10.4 Å². The first kappa shape index (κ1) is 23.6. The van der Waals surface area contributed by atoms with E-state index in [4.69, 9.17) is 4.42 Å². The van der Waals surface area contributed by atoms with E-state index in [1.54, 1.807) is 6.07 Å². The van der Waals surface area contributed by atoms with Crippen molar-refractivity contribution < 1.29 is 9.34 Å². The first-order valence-electron chi connectivity index (χ1n) is 10.3. The zero-order valence-electron chi connectivity index (χ0n) is 17.4. The molecule has 1 aromatic heterocycles. The Bertz CT molecular complexity index is 1250. The molecular weight excluding hydrogens is 478 g/mol. The molecule has 0 atom stereocenters. The lowest BCUT2D eigenvalue weighted by Gasteiger charge is -2.26. The molecule has 0 saturated carbocycles. The van der Waals surface area contributed by atoms with Gasteiger partial charge in [-0.2, -0.15) is 0 Å². The largest absolute Gasteiger partial charge is 0.422 e. The predicted octanol–water partition coefficient (Wildman–Crippen LogP) is 4.01. The molecule has 1 aliphatic rings. The van der Waals surface area contributed by atoms with Gasteiger partial charge in [-0.15, -0.1) is 17.0 Å². The lowest BCUT2D eigenvalue weighted by Crippen LogP contribution is -2.30. The molecule has 2 aromatic carbocycles. The second-order valence-corrected chi connectivity index (χ2v) is 7.59. The Morgan fingerprint density at radius 1 is 1.00 bits per heavy atom. The van der Waals surface area contributed by atoms with Crippen LogP contribution in [-0.4, -0.2) is 34.0 Å². The molecule has 4 rings (SSSR count). The number of nitrogens with zero attached hydrogens (tertiary/aromatic N) is 3. The number of non-ortho nitro benzene ring substituents is 1. The number of fused-ring (bicyclic) bond motifs is 1. The van der Waals surface area contributed by atoms with Crippen molar-refractivity contribution in [3.05, 3.63) is 91.3 Å². The SMILES string of the molecule is Br.O=c1oc(=O)n(CCCCN2CC=C(c3ccccc3)CC2)c2cccc([N+](=O)[O-])c12. The summed E-state index contributed by atoms with van der Waals surface area (Å²) >= 11 is 0. The molecule has 0 amide bonds. The van der Waals surface area contributed by atoms with Gasteiger partial charge in [-0.05, 0) is 43.0 Å². The van der Waals surface area contributed by atoms with Crippen molar-refractivity contribution >= 4 is 39.1 Å². The fraction of sp³-hybridized carbons (Fsp3) is 0.304. The van der Waals surface area contributed by atoms with E-state index in [9.17, 15) is 19.7 Å². The van der Waals surface area contributed by atoms with E-state index in [0.717, 1.165) is 32.5 Å². The molecule has 0 radical (unpaired) electrons. The minimum Gasteiger partial charge on any atom is -0.372 e. The van der Waals surface area contributed by atoms with E-state index in [-0.39, 0.29) is 33.6 Å². The van der Waals surface area contributed by atoms with Crippen molar-refractivity contribution in [2.75, 3.05) is 19.6 Å². The van der Waals surface area contributed by atoms with Crippen molar-refractivity contribution in [3.63, 3.8) is 0 Å². The number of aryl methyl sites for hydroxylation is 1. The van der Waals surface area contributed by atoms with Crippen LogP contribution in [0.5, 0.6) is 0 Å². The van der Waals surface area contributed by atoms with Crippen molar-refractivity contribution in [1.29, 1.82) is 0 Å². The highest BCUT2D eigenvalue weighted by molar-refractivity contribution is 8.93. The number of unbranched alkanes of at least 4 members (excludes halogenated alkanes) is 1. The maximum atomic E-state index is 12.2. The third-order valence-corrected chi connectivity index (χ3v) is 5.66. The lowest BCUT2D eigenvalue weighted by atomic mass is 9.99. The monoisotopic (exact) mass is 501 g/mol. The summed E-state index contributed by atoms with van der Waals surface area (Å²) in [6.07, 6.45) is 4.82. The summed E-state index contributed by atoms with van der Waals surface area (Å²) in [6, 6.07) is 14.6. The molecule has 0 unspecified atom stereocenters. The maximum Gasteiger partial charge on any atom is 0.422 e. The molecule has 1 aliphatic heterocycles. The van der Waals surface area contributed by atoms with Crippen molar-refractivity contribution in [1.82, 2.24) is 9.47 Å². The third kappa shape index (κ3) is 5.05. The van der Waals surface area contributed by atoms with Crippen LogP contribution >= 0.6 is 17.0 Å². The van der Waals surface area contributed by atoms with Crippen LogP contribution in [0.25, 0.3) is 16.5 Å². The normalized spacial score (nSPS) is 14.1. The van der Waals surface area contributed by atoms with Crippen molar-refractivity contribution in [3.8, 4) is 0 Å². The molecule has 3 aromatic rings. The number of aromatic nitrogens is 1. The van der Waals surface area contributed by atoms with Crippen LogP contribution in [0.2, 0.25) is 0 Å². The molecule has 0 saturated heterocycles. The van der Waals surface area contributed by atoms with Gasteiger partial charge in [-0.1, -0.05) is 42.5 Å². The third-order valence-electron chi connectivity index (χ3n) is 5.66. The van der Waals surface area contributed by atoms with Gasteiger partial charge in [0.1, 0.15) is 0 Å². The number of hydrogen-bond donors (Lipinski definition) is 0. The van der Waals surface area contributed by atoms with Gasteiger partial charge < -0.3 is 4.42 Å². The van der Waals surface area contributed by atoms with E-state index >= 15 is 0 Å². The van der Waals surface area contributed by atoms with Crippen LogP contribution in [-0.2, 0) is 6.54 Å². The summed E-state index contributed by atoms with van der Waals surface area (Å²) in [4.78, 5) is 37.2. The maximum absolute atomic E-state index is 12.2. The molecule has 0 N–H and O–H groups in total. The number of benzene rings is 2. The minimum atomic E-state index is -0.974. The quantitative estimate of drug-likeness (QED) is 0.275. The molecule has 0 aliphatic carbocycles. The van der Waals surface area contributed by atoms with Crippen LogP contribution in [0.4, 0.5) is 5.69 Å². The number of rotatable bonds is 7. The van der Waals surface area contributed by atoms with E-state index in [2.05, 4.69) is 35.2 Å². The molecule has 0 fully saturated rings. The van der Waals surface area contributed by atoms with Crippen LogP contribution in [0.15, 0.2) is 68.6 Å². The van der Waals surface area contributed by atoms with E-state index < -0.39 is 16.3 Å². The van der Waals surface area contributed by atoms with E-state index in [0.29, 0.717) is 13.0 Å². The molecule has 9 heteroatoms. The van der Waals surface area contributed by atoms with E-state index in [1.165, 1.54) is 27.8 Å². The van der Waals surface area contributed by atoms with Crippen LogP contribution in [0.3, 0.4) is 0 Å². The van der Waals surface area contributed by atoms with Gasteiger partial charge in [-0.3, -0.25) is 19.6 Å². The van der Waals surface area contributed by atoms with Gasteiger partial charge in [0.2, 0.25) is 0 Å². The Balaban J connectivity index is 0.00000289. The molecular formula is C23H24BrN3O5. The fourth-order valence-electron chi connectivity index (χ4n) is 4.04. The van der Waals surface area contributed by atoms with Gasteiger partial charge in [0, 0.05) is 25.7 Å². The Morgan fingerprint density at radius 2 is 1.75 bits per heavy atom. The summed E-state index contributed by atoms with van der Waals surface area (Å²) in [6.45, 7) is 3.09. The topological polar surface area (TPSA) is 98.6 Å². The second-order valence-electron chi connectivity index (χ2n) is 7.59. The summed E-state index contributed by atoms with van der Waals surface area (Å²) in [7, 11) is 0. The molecule has 32 heavy (non-hydrogen) atoms. The highest BCUT2D eigenvalue weighted by Gasteiger charge is 2.20. The Labute approximate surface area is 194 Å². The van der Waals surface area contributed by atoms with Gasteiger partial charge in [-0.25, -0.2) is 9.59 Å². The lowest BCUT2D eigenvalue weighted by molar-refractivity contribution is -0.383. The highest BCUT2D eigenvalue weighted by Crippen LogP contribution is 2.23. The molecule has 0 bridgehead atoms. The number of nitro groups is 1. The summed E-state index contributed by atoms with van der Waals surface area (Å²) in [5.41, 5.74) is 1.56. The zero-order chi connectivity index (χ0) is 21.8. The van der Waals surface area contributed by atoms with Crippen molar-refractivity contribution in [2.45, 2.75) is 25.8 Å². The highest BCUT2D eigenvalue weighted by atomic mass is 79.9. The average Bonchev–Trinajstić information content (AvgIpc) is 2.79. The smallest absolute Gasteiger partial charge is 0.372 e. The fourth-order valence-corrected chi connectivity index (χ4v) is 4.04. The number of halogens is 1. The first-order chi connectivity index (χ1) is 15.0. The van der Waals surface area contributed by atoms with Gasteiger partial charge >= 0.3 is 11.4 Å². The Kier molecular flexibility index (Phi) is 7.76. The van der Waals surface area contributed by atoms with E-state index in [1.807, 2.05) is 6.07 Å². The Hall–Kier alpha value is -3.04. The van der Waals surface area contributed by atoms with Crippen LogP contribution in [0, 0.1) is 10.1 Å². The first-order valence-corrected chi connectivity index (χ1v) is 10.3. The summed E-state index contributed by atoms with van der Waals surface area (Å²) in [5.74, 6) is -0.786. The van der Waals surface area contributed by atoms with Crippen LogP contribution in [0.1, 0.15) is 24.8 Å². The number of nitro benzene ring substituents is 1. The number of hydrogen-bond acceptors (Lipinski definition) is 6. The minimum absolute atomic E-state index is 0. The molecule has 0 spiro atoms. The Morgan fingerprint density at radius 3 is 2.44 bits per heavy atom. The molecule has 8 nitrogen and oxygen atoms in total. The second kappa shape index (κ2) is 10.5. The summed E-state index contributed by atoms with van der Waals surface area (Å²) < 4.78 is 6.06. The van der Waals surface area contributed by atoms with Gasteiger partial charge in [0.25, 0.3) is 5.69 Å². The summed E-state index contributed by atoms with van der Waals surface area (Å²) in [5, 5.41) is 11.1. The average molecular weight is 502 g/mol.